The molecule has 0 bridgehead atoms. The summed E-state index contributed by atoms with van der Waals surface area (Å²) < 4.78 is 27.4. The number of nitrogens with zero attached hydrogens (tertiary/aromatic N) is 1. The smallest absolute Gasteiger partial charge is 0.203 e. The lowest BCUT2D eigenvalue weighted by atomic mass is 10.0. The second-order valence-electron chi connectivity index (χ2n) is 7.25. The summed E-state index contributed by atoms with van der Waals surface area (Å²) in [7, 11) is 8.29. The van der Waals surface area contributed by atoms with Crippen molar-refractivity contribution in [1.29, 1.82) is 0 Å². The van der Waals surface area contributed by atoms with Crippen LogP contribution in [0.4, 0.5) is 5.69 Å². The third-order valence-electron chi connectivity index (χ3n) is 5.53. The molecule has 30 heavy (non-hydrogen) atoms. The second-order valence-corrected chi connectivity index (χ2v) is 7.25. The maximum Gasteiger partial charge on any atom is 0.203 e. The number of methoxy groups -OCH3 is 5. The number of anilines is 1. The van der Waals surface area contributed by atoms with Crippen LogP contribution in [0.25, 0.3) is 0 Å². The lowest BCUT2D eigenvalue weighted by Crippen LogP contribution is -2.38. The van der Waals surface area contributed by atoms with Crippen molar-refractivity contribution in [1.82, 2.24) is 4.90 Å². The zero-order valence-corrected chi connectivity index (χ0v) is 18.5. The topological polar surface area (TPSA) is 61.4 Å². The van der Waals surface area contributed by atoms with E-state index in [4.69, 9.17) is 23.7 Å². The predicted octanol–water partition coefficient (Wildman–Crippen LogP) is 3.81. The van der Waals surface area contributed by atoms with Crippen LogP contribution < -0.4 is 29.0 Å². The van der Waals surface area contributed by atoms with Crippen LogP contribution in [0, 0.1) is 0 Å². The number of nitrogens with one attached hydrogen (secondary N) is 1. The lowest BCUT2D eigenvalue weighted by molar-refractivity contribution is 0.207. The van der Waals surface area contributed by atoms with Gasteiger partial charge in [-0.25, -0.2) is 0 Å². The van der Waals surface area contributed by atoms with E-state index in [9.17, 15) is 0 Å². The van der Waals surface area contributed by atoms with Crippen LogP contribution in [0.2, 0.25) is 0 Å². The van der Waals surface area contributed by atoms with Crippen molar-refractivity contribution < 1.29 is 23.7 Å². The molecule has 0 aliphatic carbocycles. The quantitative estimate of drug-likeness (QED) is 0.667. The van der Waals surface area contributed by atoms with Gasteiger partial charge in [0.15, 0.2) is 11.5 Å². The first-order valence-electron chi connectivity index (χ1n) is 10.1. The van der Waals surface area contributed by atoms with Crippen molar-refractivity contribution in [2.75, 3.05) is 54.0 Å². The highest BCUT2D eigenvalue weighted by atomic mass is 16.5. The van der Waals surface area contributed by atoms with E-state index in [2.05, 4.69) is 10.2 Å². The largest absolute Gasteiger partial charge is 0.497 e. The molecule has 0 amide bonds. The first-order chi connectivity index (χ1) is 14.6. The normalized spacial score (nSPS) is 14.8. The molecule has 0 aromatic heterocycles. The minimum absolute atomic E-state index is 0.384. The number of hydrogen-bond donors (Lipinski definition) is 1. The summed E-state index contributed by atoms with van der Waals surface area (Å²) in [5.74, 6) is 3.69. The number of benzene rings is 2. The Morgan fingerprint density at radius 3 is 2.07 bits per heavy atom. The summed E-state index contributed by atoms with van der Waals surface area (Å²) in [5, 5.41) is 3.62. The van der Waals surface area contributed by atoms with E-state index in [-0.39, 0.29) is 0 Å². The Kier molecular flexibility index (Phi) is 7.52. The Labute approximate surface area is 178 Å². The molecule has 1 saturated heterocycles. The first-order valence-corrected chi connectivity index (χ1v) is 10.1. The standard InChI is InChI=1S/C23H32N2O5/c1-26-18-7-9-20(27-2)19(14-18)24-17-10-12-25(13-11-17)15-16-6-8-21(28-3)23(30-5)22(16)29-4/h6-9,14,17,24H,10-13,15H2,1-5H3. The molecule has 7 nitrogen and oxygen atoms in total. The first kappa shape index (κ1) is 21.9. The molecular weight excluding hydrogens is 384 g/mol. The molecule has 1 N–H and O–H groups in total. The number of piperidine rings is 1. The highest BCUT2D eigenvalue weighted by Crippen LogP contribution is 2.40. The molecule has 0 spiro atoms. The Balaban J connectivity index is 1.63. The number of hydrogen-bond acceptors (Lipinski definition) is 7. The summed E-state index contributed by atoms with van der Waals surface area (Å²) in [6, 6.07) is 10.2. The SMILES string of the molecule is COc1ccc(OC)c(NC2CCN(Cc3ccc(OC)c(OC)c3OC)CC2)c1. The molecule has 2 aromatic rings. The minimum atomic E-state index is 0.384. The number of ether oxygens (including phenoxy) is 5. The molecule has 2 aromatic carbocycles. The van der Waals surface area contributed by atoms with Gasteiger partial charge in [-0.1, -0.05) is 6.07 Å². The molecule has 0 atom stereocenters. The van der Waals surface area contributed by atoms with Crippen LogP contribution in [0.15, 0.2) is 30.3 Å². The summed E-state index contributed by atoms with van der Waals surface area (Å²) in [6.07, 6.45) is 2.08. The summed E-state index contributed by atoms with van der Waals surface area (Å²) in [6.45, 7) is 2.78. The van der Waals surface area contributed by atoms with Crippen LogP contribution in [0.5, 0.6) is 28.7 Å². The molecule has 1 aliphatic heterocycles. The fourth-order valence-electron chi connectivity index (χ4n) is 3.91. The fourth-order valence-corrected chi connectivity index (χ4v) is 3.91. The number of likely N-dealkylation sites (tertiary alicyclic amines) is 1. The zero-order valence-electron chi connectivity index (χ0n) is 18.5. The second kappa shape index (κ2) is 10.3. The molecule has 164 valence electrons. The third kappa shape index (κ3) is 4.84. The summed E-state index contributed by atoms with van der Waals surface area (Å²) in [4.78, 5) is 2.44. The molecule has 1 heterocycles. The van der Waals surface area contributed by atoms with Crippen LogP contribution in [0.3, 0.4) is 0 Å². The van der Waals surface area contributed by atoms with E-state index in [1.165, 1.54) is 0 Å². The van der Waals surface area contributed by atoms with E-state index in [1.807, 2.05) is 30.3 Å². The molecule has 0 radical (unpaired) electrons. The van der Waals surface area contributed by atoms with E-state index >= 15 is 0 Å². The van der Waals surface area contributed by atoms with Crippen molar-refractivity contribution in [3.8, 4) is 28.7 Å². The Hall–Kier alpha value is -2.80. The Bertz CT molecular complexity index is 835. The maximum absolute atomic E-state index is 5.63. The van der Waals surface area contributed by atoms with Gasteiger partial charge in [0.25, 0.3) is 0 Å². The maximum atomic E-state index is 5.63. The molecule has 3 rings (SSSR count). The Morgan fingerprint density at radius 2 is 1.47 bits per heavy atom. The van der Waals surface area contributed by atoms with Crippen LogP contribution in [0.1, 0.15) is 18.4 Å². The Morgan fingerprint density at radius 1 is 0.800 bits per heavy atom. The summed E-state index contributed by atoms with van der Waals surface area (Å²) >= 11 is 0. The van der Waals surface area contributed by atoms with Crippen LogP contribution in [-0.4, -0.2) is 59.6 Å². The van der Waals surface area contributed by atoms with Gasteiger partial charge in [0.1, 0.15) is 11.5 Å². The van der Waals surface area contributed by atoms with Gasteiger partial charge >= 0.3 is 0 Å². The fraction of sp³-hybridized carbons (Fsp3) is 0.478. The lowest BCUT2D eigenvalue weighted by Gasteiger charge is -2.33. The van der Waals surface area contributed by atoms with Gasteiger partial charge < -0.3 is 29.0 Å². The van der Waals surface area contributed by atoms with Gasteiger partial charge in [-0.05, 0) is 31.0 Å². The third-order valence-corrected chi connectivity index (χ3v) is 5.53. The highest BCUT2D eigenvalue weighted by molar-refractivity contribution is 5.60. The van der Waals surface area contributed by atoms with Crippen molar-refractivity contribution in [3.63, 3.8) is 0 Å². The number of rotatable bonds is 9. The zero-order chi connectivity index (χ0) is 21.5. The summed E-state index contributed by atoms with van der Waals surface area (Å²) in [5.41, 5.74) is 2.06. The molecule has 0 saturated carbocycles. The van der Waals surface area contributed by atoms with E-state index in [0.717, 1.165) is 61.0 Å². The van der Waals surface area contributed by atoms with E-state index in [1.54, 1.807) is 35.5 Å². The minimum Gasteiger partial charge on any atom is -0.497 e. The predicted molar refractivity (Wildman–Crippen MR) is 118 cm³/mol. The molecule has 7 heteroatoms. The van der Waals surface area contributed by atoms with Crippen LogP contribution >= 0.6 is 0 Å². The van der Waals surface area contributed by atoms with E-state index < -0.39 is 0 Å². The molecule has 1 aliphatic rings. The van der Waals surface area contributed by atoms with Crippen molar-refractivity contribution in [2.45, 2.75) is 25.4 Å². The van der Waals surface area contributed by atoms with Crippen molar-refractivity contribution in [2.24, 2.45) is 0 Å². The molecular formula is C23H32N2O5. The van der Waals surface area contributed by atoms with Crippen LogP contribution in [-0.2, 0) is 6.54 Å². The molecule has 0 unspecified atom stereocenters. The van der Waals surface area contributed by atoms with Gasteiger partial charge in [-0.3, -0.25) is 4.90 Å². The van der Waals surface area contributed by atoms with Gasteiger partial charge in [0.2, 0.25) is 5.75 Å². The van der Waals surface area contributed by atoms with Gasteiger partial charge in [-0.15, -0.1) is 0 Å². The van der Waals surface area contributed by atoms with Crippen molar-refractivity contribution in [3.05, 3.63) is 35.9 Å². The average Bonchev–Trinajstić information content (AvgIpc) is 2.79. The van der Waals surface area contributed by atoms with Gasteiger partial charge in [-0.2, -0.15) is 0 Å². The monoisotopic (exact) mass is 416 g/mol. The average molecular weight is 417 g/mol. The van der Waals surface area contributed by atoms with Gasteiger partial charge in [0, 0.05) is 37.3 Å². The van der Waals surface area contributed by atoms with Gasteiger partial charge in [0.05, 0.1) is 41.2 Å². The molecule has 1 fully saturated rings. The van der Waals surface area contributed by atoms with Crippen molar-refractivity contribution >= 4 is 5.69 Å². The van der Waals surface area contributed by atoms with E-state index in [0.29, 0.717) is 17.5 Å². The highest BCUT2D eigenvalue weighted by Gasteiger charge is 2.23.